The van der Waals surface area contributed by atoms with Gasteiger partial charge in [-0.3, -0.25) is 9.89 Å². The van der Waals surface area contributed by atoms with E-state index in [1.165, 1.54) is 5.56 Å². The number of β-amino-alcohol motifs (C(OH)–C–C–N with tert-alkyl or cyclic N) is 1. The number of aromatic amines is 1. The summed E-state index contributed by atoms with van der Waals surface area (Å²) in [5.41, 5.74) is 2.96. The van der Waals surface area contributed by atoms with Crippen LogP contribution in [0.3, 0.4) is 0 Å². The number of aromatic nitrogens is 2. The minimum atomic E-state index is -0.778. The number of nitrogens with zero attached hydrogens (tertiary/aromatic N) is 2. The van der Waals surface area contributed by atoms with Crippen molar-refractivity contribution in [1.82, 2.24) is 15.1 Å². The minimum absolute atomic E-state index is 0.172. The molecule has 1 amide bonds. The van der Waals surface area contributed by atoms with Gasteiger partial charge in [0.2, 0.25) is 0 Å². The van der Waals surface area contributed by atoms with Crippen molar-refractivity contribution in [3.8, 4) is 22.8 Å². The summed E-state index contributed by atoms with van der Waals surface area (Å²) in [7, 11) is 0. The van der Waals surface area contributed by atoms with Gasteiger partial charge in [-0.15, -0.1) is 0 Å². The Morgan fingerprint density at radius 3 is 2.68 bits per heavy atom. The molecule has 31 heavy (non-hydrogen) atoms. The fraction of sp³-hybridized carbons (Fsp3) is 0.333. The second kappa shape index (κ2) is 8.81. The van der Waals surface area contributed by atoms with Crippen molar-refractivity contribution in [2.45, 2.75) is 38.4 Å². The largest absolute Gasteiger partial charge is 0.508 e. The molecule has 1 aromatic heterocycles. The zero-order valence-electron chi connectivity index (χ0n) is 17.7. The molecule has 7 heteroatoms. The number of rotatable bonds is 5. The lowest BCUT2D eigenvalue weighted by molar-refractivity contribution is -0.0200. The number of aliphatic hydroxyl groups excluding tert-OH is 1. The summed E-state index contributed by atoms with van der Waals surface area (Å²) >= 11 is 0. The lowest BCUT2D eigenvalue weighted by atomic mass is 10.0. The molecule has 0 unspecified atom stereocenters. The Morgan fingerprint density at radius 2 is 1.97 bits per heavy atom. The maximum absolute atomic E-state index is 12.9. The molecular weight excluding hydrogens is 394 g/mol. The number of hydrogen-bond acceptors (Lipinski definition) is 5. The smallest absolute Gasteiger partial charge is 0.271 e. The number of likely N-dealkylation sites (tertiary alicyclic amines) is 1. The summed E-state index contributed by atoms with van der Waals surface area (Å²) in [5, 5.41) is 27.0. The van der Waals surface area contributed by atoms with Gasteiger partial charge in [-0.2, -0.15) is 5.10 Å². The first kappa shape index (κ1) is 20.9. The molecular formula is C24H27N3O4. The second-order valence-electron chi connectivity index (χ2n) is 8.20. The van der Waals surface area contributed by atoms with Gasteiger partial charge >= 0.3 is 0 Å². The average Bonchev–Trinajstić information content (AvgIpc) is 3.25. The monoisotopic (exact) mass is 421 g/mol. The third-order valence-electron chi connectivity index (χ3n) is 5.59. The number of nitrogens with one attached hydrogen (secondary N) is 1. The third-order valence-corrected chi connectivity index (χ3v) is 5.59. The first-order valence-electron chi connectivity index (χ1n) is 10.5. The van der Waals surface area contributed by atoms with Gasteiger partial charge in [-0.25, -0.2) is 0 Å². The quantitative estimate of drug-likeness (QED) is 0.585. The van der Waals surface area contributed by atoms with Crippen LogP contribution in [-0.2, 0) is 0 Å². The van der Waals surface area contributed by atoms with Crippen molar-refractivity contribution in [2.24, 2.45) is 0 Å². The van der Waals surface area contributed by atoms with E-state index in [4.69, 9.17) is 4.74 Å². The molecule has 1 fully saturated rings. The van der Waals surface area contributed by atoms with Crippen molar-refractivity contribution in [3.63, 3.8) is 0 Å². The molecule has 2 atom stereocenters. The molecule has 2 heterocycles. The number of aromatic hydroxyl groups is 1. The zero-order valence-corrected chi connectivity index (χ0v) is 17.7. The third kappa shape index (κ3) is 4.72. The molecule has 3 aromatic rings. The Hall–Kier alpha value is -3.32. The highest BCUT2D eigenvalue weighted by atomic mass is 16.5. The van der Waals surface area contributed by atoms with Crippen molar-refractivity contribution in [1.29, 1.82) is 0 Å². The first-order valence-corrected chi connectivity index (χ1v) is 10.5. The van der Waals surface area contributed by atoms with Crippen LogP contribution in [-0.4, -0.2) is 56.5 Å². The van der Waals surface area contributed by atoms with Gasteiger partial charge in [-0.1, -0.05) is 26.0 Å². The van der Waals surface area contributed by atoms with E-state index in [-0.39, 0.29) is 24.3 Å². The summed E-state index contributed by atoms with van der Waals surface area (Å²) in [5.74, 6) is 1.10. The number of H-pyrrole nitrogens is 1. The van der Waals surface area contributed by atoms with Gasteiger partial charge in [-0.05, 0) is 53.9 Å². The SMILES string of the molecule is CC(C)c1cccc(O[C@@H]2CCN(C(=O)c3cc(-c4ccc(O)cc4)n[nH]3)C[C@H]2O)c1. The number of carbonyl (C=O) groups is 1. The second-order valence-corrected chi connectivity index (χ2v) is 8.20. The molecule has 162 valence electrons. The molecule has 0 aliphatic carbocycles. The number of aliphatic hydroxyl groups is 1. The van der Waals surface area contributed by atoms with E-state index in [9.17, 15) is 15.0 Å². The maximum Gasteiger partial charge on any atom is 0.271 e. The molecule has 1 aliphatic rings. The lowest BCUT2D eigenvalue weighted by Gasteiger charge is -2.35. The molecule has 4 rings (SSSR count). The van der Waals surface area contributed by atoms with E-state index in [0.717, 1.165) is 11.3 Å². The van der Waals surface area contributed by atoms with Crippen LogP contribution in [0.5, 0.6) is 11.5 Å². The Kier molecular flexibility index (Phi) is 5.95. The van der Waals surface area contributed by atoms with Crippen LogP contribution in [0.15, 0.2) is 54.6 Å². The highest BCUT2D eigenvalue weighted by Crippen LogP contribution is 2.25. The number of amides is 1. The van der Waals surface area contributed by atoms with Crippen molar-refractivity contribution >= 4 is 5.91 Å². The Bertz CT molecular complexity index is 1040. The van der Waals surface area contributed by atoms with Crippen molar-refractivity contribution in [3.05, 3.63) is 65.9 Å². The van der Waals surface area contributed by atoms with Crippen LogP contribution >= 0.6 is 0 Å². The summed E-state index contributed by atoms with van der Waals surface area (Å²) in [4.78, 5) is 14.5. The number of hydrogen-bond donors (Lipinski definition) is 3. The minimum Gasteiger partial charge on any atom is -0.508 e. The molecule has 1 saturated heterocycles. The molecule has 3 N–H and O–H groups in total. The van der Waals surface area contributed by atoms with Gasteiger partial charge in [0, 0.05) is 18.5 Å². The molecule has 7 nitrogen and oxygen atoms in total. The predicted octanol–water partition coefficient (Wildman–Crippen LogP) is 3.56. The van der Waals surface area contributed by atoms with E-state index < -0.39 is 6.10 Å². The number of carbonyl (C=O) groups excluding carboxylic acids is 1. The van der Waals surface area contributed by atoms with E-state index in [1.807, 2.05) is 18.2 Å². The standard InChI is InChI=1S/C24H27N3O4/c1-15(2)17-4-3-5-19(12-17)31-23-10-11-27(14-22(23)29)24(30)21-13-20(25-26-21)16-6-8-18(28)9-7-16/h3-9,12-13,15,22-23,28-29H,10-11,14H2,1-2H3,(H,25,26)/t22-,23-/m1/s1. The van der Waals surface area contributed by atoms with Gasteiger partial charge in [0.25, 0.3) is 5.91 Å². The Balaban J connectivity index is 1.39. The molecule has 1 aliphatic heterocycles. The van der Waals surface area contributed by atoms with Gasteiger partial charge < -0.3 is 19.8 Å². The van der Waals surface area contributed by atoms with Crippen LogP contribution in [0, 0.1) is 0 Å². The lowest BCUT2D eigenvalue weighted by Crippen LogP contribution is -2.51. The average molecular weight is 421 g/mol. The number of benzene rings is 2. The van der Waals surface area contributed by atoms with E-state index in [2.05, 4.69) is 30.1 Å². The fourth-order valence-corrected chi connectivity index (χ4v) is 3.74. The molecule has 0 bridgehead atoms. The van der Waals surface area contributed by atoms with Crippen LogP contribution in [0.1, 0.15) is 42.2 Å². The van der Waals surface area contributed by atoms with Crippen molar-refractivity contribution < 1.29 is 19.7 Å². The molecule has 2 aromatic carbocycles. The van der Waals surface area contributed by atoms with E-state index in [0.29, 0.717) is 30.3 Å². The van der Waals surface area contributed by atoms with Gasteiger partial charge in [0.05, 0.1) is 12.2 Å². The molecule has 0 radical (unpaired) electrons. The van der Waals surface area contributed by atoms with E-state index >= 15 is 0 Å². The Labute approximate surface area is 181 Å². The van der Waals surface area contributed by atoms with Crippen molar-refractivity contribution in [2.75, 3.05) is 13.1 Å². The highest BCUT2D eigenvalue weighted by Gasteiger charge is 2.32. The topological polar surface area (TPSA) is 98.7 Å². The summed E-state index contributed by atoms with van der Waals surface area (Å²) in [6.07, 6.45) is -0.599. The number of piperidine rings is 1. The van der Waals surface area contributed by atoms with Crippen LogP contribution in [0.4, 0.5) is 0 Å². The number of phenols is 1. The normalized spacial score (nSPS) is 18.9. The molecule has 0 saturated carbocycles. The number of ether oxygens (including phenoxy) is 1. The number of phenolic OH excluding ortho intramolecular Hbond substituents is 1. The highest BCUT2D eigenvalue weighted by molar-refractivity contribution is 5.93. The maximum atomic E-state index is 12.9. The first-order chi connectivity index (χ1) is 14.9. The van der Waals surface area contributed by atoms with E-state index in [1.54, 1.807) is 35.2 Å². The molecule has 0 spiro atoms. The van der Waals surface area contributed by atoms with Crippen LogP contribution in [0.25, 0.3) is 11.3 Å². The summed E-state index contributed by atoms with van der Waals surface area (Å²) < 4.78 is 6.04. The zero-order chi connectivity index (χ0) is 22.0. The predicted molar refractivity (Wildman–Crippen MR) is 117 cm³/mol. The Morgan fingerprint density at radius 1 is 1.19 bits per heavy atom. The van der Waals surface area contributed by atoms with Crippen LogP contribution < -0.4 is 4.74 Å². The van der Waals surface area contributed by atoms with Crippen LogP contribution in [0.2, 0.25) is 0 Å². The summed E-state index contributed by atoms with van der Waals surface area (Å²) in [6.45, 7) is 4.93. The fourth-order valence-electron chi connectivity index (χ4n) is 3.74. The summed E-state index contributed by atoms with van der Waals surface area (Å²) in [6, 6.07) is 16.2. The van der Waals surface area contributed by atoms with Gasteiger partial charge in [0.15, 0.2) is 0 Å². The van der Waals surface area contributed by atoms with Gasteiger partial charge in [0.1, 0.15) is 29.4 Å².